The number of aromatic nitrogens is 2. The van der Waals surface area contributed by atoms with Crippen molar-refractivity contribution in [2.24, 2.45) is 0 Å². The summed E-state index contributed by atoms with van der Waals surface area (Å²) in [6.45, 7) is 6.42. The fourth-order valence-electron chi connectivity index (χ4n) is 1.18. The van der Waals surface area contributed by atoms with Crippen LogP contribution in [0.2, 0.25) is 0 Å². The zero-order valence-electron chi connectivity index (χ0n) is 10.0. The van der Waals surface area contributed by atoms with Gasteiger partial charge < -0.3 is 9.88 Å². The molecule has 0 saturated heterocycles. The van der Waals surface area contributed by atoms with Crippen LogP contribution in [0.25, 0.3) is 0 Å². The van der Waals surface area contributed by atoms with Crippen LogP contribution in [0.5, 0.6) is 0 Å². The number of nitrogens with one attached hydrogen (secondary N) is 2. The van der Waals surface area contributed by atoms with E-state index >= 15 is 0 Å². The molecule has 0 radical (unpaired) electrons. The molecule has 0 unspecified atom stereocenters. The van der Waals surface area contributed by atoms with E-state index in [1.54, 1.807) is 4.57 Å². The topological polar surface area (TPSA) is 76.0 Å². The van der Waals surface area contributed by atoms with Crippen LogP contribution in [0.4, 0.5) is 0 Å². The molecule has 0 spiro atoms. The molecule has 1 rings (SSSR count). The van der Waals surface area contributed by atoms with Crippen molar-refractivity contribution in [3.63, 3.8) is 0 Å². The highest BCUT2D eigenvalue weighted by molar-refractivity contribution is 7.89. The van der Waals surface area contributed by atoms with Gasteiger partial charge in [-0.2, -0.15) is 0 Å². The van der Waals surface area contributed by atoms with Crippen molar-refractivity contribution >= 4 is 22.4 Å². The van der Waals surface area contributed by atoms with E-state index in [1.807, 2.05) is 13.8 Å². The summed E-state index contributed by atoms with van der Waals surface area (Å²) >= 11 is 0. The Labute approximate surface area is 108 Å². The van der Waals surface area contributed by atoms with Crippen LogP contribution in [-0.2, 0) is 16.6 Å². The van der Waals surface area contributed by atoms with Gasteiger partial charge in [-0.25, -0.2) is 18.1 Å². The molecule has 1 aromatic heterocycles. The number of sulfonamides is 1. The Balaban J connectivity index is 0.00000256. The number of aryl methyl sites for hydroxylation is 1. The average molecular weight is 283 g/mol. The third kappa shape index (κ3) is 5.03. The Kier molecular flexibility index (Phi) is 7.37. The Morgan fingerprint density at radius 3 is 2.59 bits per heavy atom. The van der Waals surface area contributed by atoms with Crippen LogP contribution >= 0.6 is 12.4 Å². The minimum absolute atomic E-state index is 0. The Morgan fingerprint density at radius 2 is 2.06 bits per heavy atom. The zero-order valence-corrected chi connectivity index (χ0v) is 11.6. The highest BCUT2D eigenvalue weighted by Gasteiger charge is 2.15. The summed E-state index contributed by atoms with van der Waals surface area (Å²) in [6, 6.07) is 0. The summed E-state index contributed by atoms with van der Waals surface area (Å²) < 4.78 is 27.6. The standard InChI is InChI=1S/C9H18N4O2S.ClH/c1-3-10-5-6-12-16(14,15)9-7-13(4-2)8-11-9;/h7-8,10,12H,3-6H2,1-2H3;1H. The Morgan fingerprint density at radius 1 is 1.35 bits per heavy atom. The van der Waals surface area contributed by atoms with Gasteiger partial charge in [0, 0.05) is 25.8 Å². The van der Waals surface area contributed by atoms with Gasteiger partial charge in [0.25, 0.3) is 10.0 Å². The lowest BCUT2D eigenvalue weighted by molar-refractivity contribution is 0.574. The largest absolute Gasteiger partial charge is 0.336 e. The number of halogens is 1. The fourth-order valence-corrected chi connectivity index (χ4v) is 2.15. The maximum Gasteiger partial charge on any atom is 0.259 e. The van der Waals surface area contributed by atoms with Gasteiger partial charge in [0.2, 0.25) is 0 Å². The van der Waals surface area contributed by atoms with Crippen LogP contribution in [-0.4, -0.2) is 37.6 Å². The van der Waals surface area contributed by atoms with Gasteiger partial charge >= 0.3 is 0 Å². The molecular formula is C9H19ClN4O2S. The molecule has 2 N–H and O–H groups in total. The number of imidazole rings is 1. The van der Waals surface area contributed by atoms with Crippen molar-refractivity contribution in [3.05, 3.63) is 12.5 Å². The number of rotatable bonds is 7. The van der Waals surface area contributed by atoms with E-state index in [9.17, 15) is 8.42 Å². The maximum absolute atomic E-state index is 11.7. The van der Waals surface area contributed by atoms with Gasteiger partial charge in [0.15, 0.2) is 5.03 Å². The summed E-state index contributed by atoms with van der Waals surface area (Å²) in [7, 11) is -3.45. The molecule has 0 fully saturated rings. The average Bonchev–Trinajstić information content (AvgIpc) is 2.73. The minimum Gasteiger partial charge on any atom is -0.336 e. The van der Waals surface area contributed by atoms with Crippen LogP contribution < -0.4 is 10.0 Å². The van der Waals surface area contributed by atoms with E-state index < -0.39 is 10.0 Å². The highest BCUT2D eigenvalue weighted by Crippen LogP contribution is 2.04. The van der Waals surface area contributed by atoms with Gasteiger partial charge in [0.05, 0.1) is 6.33 Å². The monoisotopic (exact) mass is 282 g/mol. The molecule has 0 atom stereocenters. The number of likely N-dealkylation sites (N-methyl/N-ethyl adjacent to an activating group) is 1. The van der Waals surface area contributed by atoms with Gasteiger partial charge in [-0.3, -0.25) is 0 Å². The van der Waals surface area contributed by atoms with E-state index in [0.29, 0.717) is 19.6 Å². The van der Waals surface area contributed by atoms with Crippen LogP contribution in [0.15, 0.2) is 17.6 Å². The van der Waals surface area contributed by atoms with Gasteiger partial charge in [-0.05, 0) is 13.5 Å². The molecule has 0 aliphatic rings. The predicted octanol–water partition coefficient (Wildman–Crippen LogP) is 0.213. The molecule has 1 aromatic rings. The van der Waals surface area contributed by atoms with Crippen LogP contribution in [0.3, 0.4) is 0 Å². The normalized spacial score (nSPS) is 11.2. The molecular weight excluding hydrogens is 264 g/mol. The van der Waals surface area contributed by atoms with Crippen molar-refractivity contribution < 1.29 is 8.42 Å². The van der Waals surface area contributed by atoms with Gasteiger partial charge in [-0.1, -0.05) is 6.92 Å². The molecule has 0 amide bonds. The molecule has 6 nitrogen and oxygen atoms in total. The number of nitrogens with zero attached hydrogens (tertiary/aromatic N) is 2. The van der Waals surface area contributed by atoms with E-state index in [-0.39, 0.29) is 17.4 Å². The SMILES string of the molecule is CCNCCNS(=O)(=O)c1cn(CC)cn1.Cl. The molecule has 1 heterocycles. The van der Waals surface area contributed by atoms with Crippen molar-refractivity contribution in [1.82, 2.24) is 19.6 Å². The number of hydrogen-bond donors (Lipinski definition) is 2. The first kappa shape index (κ1) is 16.4. The zero-order chi connectivity index (χ0) is 12.0. The first-order valence-corrected chi connectivity index (χ1v) is 6.80. The molecule has 8 heteroatoms. The smallest absolute Gasteiger partial charge is 0.259 e. The molecule has 0 aliphatic carbocycles. The highest BCUT2D eigenvalue weighted by atomic mass is 35.5. The summed E-state index contributed by atoms with van der Waals surface area (Å²) in [5.74, 6) is 0. The summed E-state index contributed by atoms with van der Waals surface area (Å²) in [6.07, 6.45) is 3.04. The van der Waals surface area contributed by atoms with Crippen molar-refractivity contribution in [2.45, 2.75) is 25.4 Å². The second-order valence-electron chi connectivity index (χ2n) is 3.29. The summed E-state index contributed by atoms with van der Waals surface area (Å²) in [5.41, 5.74) is 0. The third-order valence-electron chi connectivity index (χ3n) is 2.09. The van der Waals surface area contributed by atoms with Crippen molar-refractivity contribution in [3.8, 4) is 0 Å². The number of hydrogen-bond acceptors (Lipinski definition) is 4. The lowest BCUT2D eigenvalue weighted by Gasteiger charge is -2.04. The molecule has 0 saturated carbocycles. The van der Waals surface area contributed by atoms with Gasteiger partial charge in [-0.15, -0.1) is 12.4 Å². The predicted molar refractivity (Wildman–Crippen MR) is 68.9 cm³/mol. The molecule has 17 heavy (non-hydrogen) atoms. The Hall–Kier alpha value is -0.630. The fraction of sp³-hybridized carbons (Fsp3) is 0.667. The first-order valence-electron chi connectivity index (χ1n) is 5.32. The lowest BCUT2D eigenvalue weighted by Crippen LogP contribution is -2.31. The van der Waals surface area contributed by atoms with E-state index in [4.69, 9.17) is 0 Å². The van der Waals surface area contributed by atoms with E-state index in [2.05, 4.69) is 15.0 Å². The van der Waals surface area contributed by atoms with E-state index in [0.717, 1.165) is 6.54 Å². The second-order valence-corrected chi connectivity index (χ2v) is 5.01. The molecule has 0 aromatic carbocycles. The molecule has 0 bridgehead atoms. The lowest BCUT2D eigenvalue weighted by atomic mass is 10.6. The third-order valence-corrected chi connectivity index (χ3v) is 3.44. The first-order chi connectivity index (χ1) is 7.60. The second kappa shape index (κ2) is 7.65. The quantitative estimate of drug-likeness (QED) is 0.701. The van der Waals surface area contributed by atoms with Crippen LogP contribution in [0, 0.1) is 0 Å². The van der Waals surface area contributed by atoms with E-state index in [1.165, 1.54) is 12.5 Å². The Bertz CT molecular complexity index is 418. The summed E-state index contributed by atoms with van der Waals surface area (Å²) in [5, 5.41) is 3.11. The minimum atomic E-state index is -3.45. The van der Waals surface area contributed by atoms with Crippen molar-refractivity contribution in [1.29, 1.82) is 0 Å². The molecule has 100 valence electrons. The van der Waals surface area contributed by atoms with Crippen LogP contribution in [0.1, 0.15) is 13.8 Å². The summed E-state index contributed by atoms with van der Waals surface area (Å²) in [4.78, 5) is 3.85. The molecule has 0 aliphatic heterocycles. The van der Waals surface area contributed by atoms with Gasteiger partial charge in [0.1, 0.15) is 0 Å². The van der Waals surface area contributed by atoms with Crippen molar-refractivity contribution in [2.75, 3.05) is 19.6 Å². The maximum atomic E-state index is 11.7.